The van der Waals surface area contributed by atoms with E-state index in [9.17, 15) is 5.11 Å². The Labute approximate surface area is 96.7 Å². The zero-order valence-corrected chi connectivity index (χ0v) is 9.28. The van der Waals surface area contributed by atoms with Gasteiger partial charge < -0.3 is 14.6 Å². The Bertz CT molecular complexity index is 487. The minimum absolute atomic E-state index is 0.174. The maximum Gasteiger partial charge on any atom is 0.241 e. The van der Waals surface area contributed by atoms with Crippen molar-refractivity contribution in [1.82, 2.24) is 25.1 Å². The standard InChI is InChI=1S/C9H11N5O3/c1-16-5-3-10-6(9(13-5)17-2)7(15)8-11-4-12-14-8/h3-4,7,15H,1-2H3,(H,11,12,14). The summed E-state index contributed by atoms with van der Waals surface area (Å²) in [5.41, 5.74) is 0.241. The molecule has 17 heavy (non-hydrogen) atoms. The van der Waals surface area contributed by atoms with Gasteiger partial charge in [0.15, 0.2) is 11.9 Å². The van der Waals surface area contributed by atoms with Crippen LogP contribution in [0.15, 0.2) is 12.5 Å². The fourth-order valence-corrected chi connectivity index (χ4v) is 1.28. The average Bonchev–Trinajstić information content (AvgIpc) is 2.91. The van der Waals surface area contributed by atoms with Gasteiger partial charge in [0.2, 0.25) is 11.8 Å². The maximum absolute atomic E-state index is 10.00. The van der Waals surface area contributed by atoms with Crippen molar-refractivity contribution in [2.24, 2.45) is 0 Å². The van der Waals surface area contributed by atoms with E-state index in [-0.39, 0.29) is 17.4 Å². The van der Waals surface area contributed by atoms with E-state index in [2.05, 4.69) is 25.1 Å². The molecule has 0 fully saturated rings. The number of nitrogens with one attached hydrogen (secondary N) is 1. The summed E-state index contributed by atoms with van der Waals surface area (Å²) in [6.45, 7) is 0. The average molecular weight is 237 g/mol. The molecule has 90 valence electrons. The number of aromatic amines is 1. The van der Waals surface area contributed by atoms with Gasteiger partial charge in [-0.3, -0.25) is 5.10 Å². The van der Waals surface area contributed by atoms with Crippen LogP contribution >= 0.6 is 0 Å². The zero-order chi connectivity index (χ0) is 12.3. The highest BCUT2D eigenvalue weighted by Crippen LogP contribution is 2.25. The highest BCUT2D eigenvalue weighted by atomic mass is 16.5. The minimum atomic E-state index is -1.08. The number of hydrogen-bond donors (Lipinski definition) is 2. The predicted molar refractivity (Wildman–Crippen MR) is 55.6 cm³/mol. The number of nitrogens with zero attached hydrogens (tertiary/aromatic N) is 4. The molecule has 0 saturated heterocycles. The van der Waals surface area contributed by atoms with Gasteiger partial charge in [0, 0.05) is 0 Å². The van der Waals surface area contributed by atoms with Crippen LogP contribution < -0.4 is 9.47 Å². The summed E-state index contributed by atoms with van der Waals surface area (Å²) in [6, 6.07) is 0. The van der Waals surface area contributed by atoms with Crippen molar-refractivity contribution >= 4 is 0 Å². The van der Waals surface area contributed by atoms with Gasteiger partial charge in [0.05, 0.1) is 20.4 Å². The first-order chi connectivity index (χ1) is 8.26. The summed E-state index contributed by atoms with van der Waals surface area (Å²) in [5.74, 6) is 0.742. The van der Waals surface area contributed by atoms with E-state index < -0.39 is 6.10 Å². The van der Waals surface area contributed by atoms with Gasteiger partial charge in [-0.1, -0.05) is 0 Å². The third kappa shape index (κ3) is 2.16. The zero-order valence-electron chi connectivity index (χ0n) is 9.28. The van der Waals surface area contributed by atoms with Crippen LogP contribution in [0.4, 0.5) is 0 Å². The molecule has 8 heteroatoms. The van der Waals surface area contributed by atoms with Crippen LogP contribution in [-0.4, -0.2) is 44.5 Å². The van der Waals surface area contributed by atoms with Gasteiger partial charge in [-0.2, -0.15) is 10.1 Å². The van der Waals surface area contributed by atoms with Crippen molar-refractivity contribution in [3.05, 3.63) is 24.0 Å². The number of rotatable bonds is 4. The first-order valence-corrected chi connectivity index (χ1v) is 4.74. The molecule has 8 nitrogen and oxygen atoms in total. The molecule has 0 saturated carbocycles. The molecule has 0 spiro atoms. The summed E-state index contributed by atoms with van der Waals surface area (Å²) in [4.78, 5) is 11.9. The second kappa shape index (κ2) is 4.74. The summed E-state index contributed by atoms with van der Waals surface area (Å²) in [5, 5.41) is 16.2. The molecule has 2 aromatic heterocycles. The van der Waals surface area contributed by atoms with Crippen molar-refractivity contribution in [3.8, 4) is 11.8 Å². The normalized spacial score (nSPS) is 12.2. The van der Waals surface area contributed by atoms with E-state index in [1.54, 1.807) is 0 Å². The Morgan fingerprint density at radius 3 is 2.71 bits per heavy atom. The first kappa shape index (κ1) is 11.3. The SMILES string of the molecule is COc1cnc(C(O)c2ncn[nH]2)c(OC)n1. The van der Waals surface area contributed by atoms with Crippen molar-refractivity contribution in [1.29, 1.82) is 0 Å². The number of aliphatic hydroxyl groups excluding tert-OH is 1. The summed E-state index contributed by atoms with van der Waals surface area (Å²) in [7, 11) is 2.90. The molecule has 0 aliphatic rings. The minimum Gasteiger partial charge on any atom is -0.480 e. The lowest BCUT2D eigenvalue weighted by Crippen LogP contribution is -2.08. The van der Waals surface area contributed by atoms with E-state index in [1.165, 1.54) is 26.7 Å². The van der Waals surface area contributed by atoms with Crippen LogP contribution in [-0.2, 0) is 0 Å². The third-order valence-corrected chi connectivity index (χ3v) is 2.10. The van der Waals surface area contributed by atoms with Crippen LogP contribution in [0.5, 0.6) is 11.8 Å². The van der Waals surface area contributed by atoms with Gasteiger partial charge in [-0.05, 0) is 0 Å². The van der Waals surface area contributed by atoms with Crippen molar-refractivity contribution < 1.29 is 14.6 Å². The molecule has 0 aliphatic carbocycles. The lowest BCUT2D eigenvalue weighted by Gasteiger charge is -2.11. The molecule has 2 rings (SSSR count). The van der Waals surface area contributed by atoms with Crippen molar-refractivity contribution in [2.45, 2.75) is 6.10 Å². The fourth-order valence-electron chi connectivity index (χ4n) is 1.28. The largest absolute Gasteiger partial charge is 0.480 e. The Kier molecular flexibility index (Phi) is 3.15. The number of aromatic nitrogens is 5. The van der Waals surface area contributed by atoms with E-state index in [0.29, 0.717) is 5.88 Å². The Morgan fingerprint density at radius 2 is 2.12 bits per heavy atom. The molecule has 2 aromatic rings. The van der Waals surface area contributed by atoms with E-state index in [1.807, 2.05) is 0 Å². The van der Waals surface area contributed by atoms with Crippen molar-refractivity contribution in [3.63, 3.8) is 0 Å². The van der Waals surface area contributed by atoms with Gasteiger partial charge >= 0.3 is 0 Å². The topological polar surface area (TPSA) is 106 Å². The Balaban J connectivity index is 2.38. The van der Waals surface area contributed by atoms with E-state index in [4.69, 9.17) is 9.47 Å². The van der Waals surface area contributed by atoms with Crippen LogP contribution in [0.3, 0.4) is 0 Å². The van der Waals surface area contributed by atoms with Crippen LogP contribution in [0.2, 0.25) is 0 Å². The highest BCUT2D eigenvalue weighted by Gasteiger charge is 2.21. The van der Waals surface area contributed by atoms with Crippen LogP contribution in [0.25, 0.3) is 0 Å². The van der Waals surface area contributed by atoms with Crippen molar-refractivity contribution in [2.75, 3.05) is 14.2 Å². The fraction of sp³-hybridized carbons (Fsp3) is 0.333. The monoisotopic (exact) mass is 237 g/mol. The summed E-state index contributed by atoms with van der Waals surface area (Å²) in [6.07, 6.45) is 1.60. The van der Waals surface area contributed by atoms with Gasteiger partial charge in [0.1, 0.15) is 12.0 Å². The molecular weight excluding hydrogens is 226 g/mol. The smallest absolute Gasteiger partial charge is 0.241 e. The molecule has 2 N–H and O–H groups in total. The second-order valence-electron chi connectivity index (χ2n) is 3.08. The highest BCUT2D eigenvalue weighted by molar-refractivity contribution is 5.27. The summed E-state index contributed by atoms with van der Waals surface area (Å²) < 4.78 is 9.94. The molecule has 0 radical (unpaired) electrons. The van der Waals surface area contributed by atoms with Gasteiger partial charge in [-0.15, -0.1) is 0 Å². The number of ether oxygens (including phenoxy) is 2. The van der Waals surface area contributed by atoms with Crippen LogP contribution in [0.1, 0.15) is 17.6 Å². The van der Waals surface area contributed by atoms with Gasteiger partial charge in [-0.25, -0.2) is 9.97 Å². The maximum atomic E-state index is 10.00. The Hall–Kier alpha value is -2.22. The number of aliphatic hydroxyl groups is 1. The van der Waals surface area contributed by atoms with Crippen LogP contribution in [0, 0.1) is 0 Å². The molecule has 2 heterocycles. The lowest BCUT2D eigenvalue weighted by atomic mass is 10.2. The third-order valence-electron chi connectivity index (χ3n) is 2.10. The van der Waals surface area contributed by atoms with E-state index in [0.717, 1.165) is 0 Å². The number of hydrogen-bond acceptors (Lipinski definition) is 7. The van der Waals surface area contributed by atoms with Gasteiger partial charge in [0.25, 0.3) is 0 Å². The quantitative estimate of drug-likeness (QED) is 0.751. The Morgan fingerprint density at radius 1 is 1.29 bits per heavy atom. The predicted octanol–water partition coefficient (Wildman–Crippen LogP) is -0.306. The molecule has 1 atom stereocenters. The number of methoxy groups -OCH3 is 2. The van der Waals surface area contributed by atoms with E-state index >= 15 is 0 Å². The molecule has 0 bridgehead atoms. The molecule has 0 amide bonds. The molecular formula is C9H11N5O3. The second-order valence-corrected chi connectivity index (χ2v) is 3.08. The molecule has 0 aliphatic heterocycles. The number of H-pyrrole nitrogens is 1. The first-order valence-electron chi connectivity index (χ1n) is 4.74. The summed E-state index contributed by atoms with van der Waals surface area (Å²) >= 11 is 0. The lowest BCUT2D eigenvalue weighted by molar-refractivity contribution is 0.197. The molecule has 1 unspecified atom stereocenters. The molecule has 0 aromatic carbocycles.